The summed E-state index contributed by atoms with van der Waals surface area (Å²) in [5.74, 6) is -0.115. The number of carbonyl (C=O) groups excluding carboxylic acids is 1. The van der Waals surface area contributed by atoms with Crippen LogP contribution in [-0.4, -0.2) is 12.1 Å². The van der Waals surface area contributed by atoms with Gasteiger partial charge in [0.05, 0.1) is 11.1 Å². The Morgan fingerprint density at radius 1 is 1.29 bits per heavy atom. The lowest BCUT2D eigenvalue weighted by molar-refractivity contribution is 0.0959. The average molecular weight is 298 g/mol. The van der Waals surface area contributed by atoms with Crippen LogP contribution in [0.2, 0.25) is 0 Å². The minimum absolute atomic E-state index is 0.115. The molecule has 1 aromatic heterocycles. The van der Waals surface area contributed by atoms with Crippen molar-refractivity contribution in [2.24, 2.45) is 5.10 Å². The Bertz CT molecular complexity index is 694. The highest BCUT2D eigenvalue weighted by molar-refractivity contribution is 7.14. The van der Waals surface area contributed by atoms with Gasteiger partial charge in [-0.15, -0.1) is 11.3 Å². The third kappa shape index (κ3) is 3.05. The molecule has 1 heterocycles. The molecule has 2 aromatic rings. The number of benzene rings is 1. The summed E-state index contributed by atoms with van der Waals surface area (Å²) in [6.07, 6.45) is 5.14. The minimum Gasteiger partial charge on any atom is -0.266 e. The molecule has 4 heteroatoms. The number of hydrogen-bond acceptors (Lipinski definition) is 3. The van der Waals surface area contributed by atoms with Gasteiger partial charge in [-0.25, -0.2) is 5.43 Å². The number of nitrogens with zero attached hydrogens (tertiary/aromatic N) is 1. The summed E-state index contributed by atoms with van der Waals surface area (Å²) in [7, 11) is 0. The highest BCUT2D eigenvalue weighted by Crippen LogP contribution is 2.30. The van der Waals surface area contributed by atoms with Gasteiger partial charge in [-0.2, -0.15) is 5.10 Å². The van der Waals surface area contributed by atoms with Gasteiger partial charge >= 0.3 is 0 Å². The van der Waals surface area contributed by atoms with E-state index in [1.165, 1.54) is 22.4 Å². The van der Waals surface area contributed by atoms with E-state index in [0.29, 0.717) is 0 Å². The van der Waals surface area contributed by atoms with Crippen molar-refractivity contribution in [1.82, 2.24) is 5.43 Å². The van der Waals surface area contributed by atoms with Crippen LogP contribution in [0.5, 0.6) is 0 Å². The molecule has 0 unspecified atom stereocenters. The molecule has 1 aliphatic carbocycles. The first-order chi connectivity index (χ1) is 10.1. The minimum atomic E-state index is -0.115. The van der Waals surface area contributed by atoms with E-state index < -0.39 is 0 Å². The maximum Gasteiger partial charge on any atom is 0.281 e. The fourth-order valence-electron chi connectivity index (χ4n) is 2.56. The maximum atomic E-state index is 12.1. The molecule has 1 aliphatic rings. The van der Waals surface area contributed by atoms with Crippen LogP contribution in [0, 0.1) is 13.8 Å². The van der Waals surface area contributed by atoms with Gasteiger partial charge in [0.1, 0.15) is 0 Å². The second kappa shape index (κ2) is 5.82. The average Bonchev–Trinajstić information content (AvgIpc) is 3.03. The van der Waals surface area contributed by atoms with Gasteiger partial charge in [0.15, 0.2) is 0 Å². The lowest BCUT2D eigenvalue weighted by atomic mass is 10.1. The lowest BCUT2D eigenvalue weighted by Gasteiger charge is -2.01. The predicted molar refractivity (Wildman–Crippen MR) is 87.3 cm³/mol. The third-order valence-electron chi connectivity index (χ3n) is 3.77. The first kappa shape index (κ1) is 14.0. The van der Waals surface area contributed by atoms with E-state index in [2.05, 4.69) is 28.7 Å². The highest BCUT2D eigenvalue weighted by Gasteiger charge is 2.17. The zero-order chi connectivity index (χ0) is 14.8. The van der Waals surface area contributed by atoms with E-state index in [1.807, 2.05) is 19.9 Å². The summed E-state index contributed by atoms with van der Waals surface area (Å²) in [5.41, 5.74) is 7.32. The molecule has 1 amide bonds. The van der Waals surface area contributed by atoms with E-state index in [4.69, 9.17) is 0 Å². The fourth-order valence-corrected chi connectivity index (χ4v) is 3.70. The number of fused-ring (bicyclic) bond motifs is 1. The number of hydrazone groups is 1. The summed E-state index contributed by atoms with van der Waals surface area (Å²) < 4.78 is 0. The zero-order valence-corrected chi connectivity index (χ0v) is 13.1. The Labute approximate surface area is 128 Å². The molecule has 0 bridgehead atoms. The molecule has 0 spiro atoms. The van der Waals surface area contributed by atoms with Crippen LogP contribution in [0.1, 0.15) is 43.2 Å². The molecular formula is C17H18N2OS. The largest absolute Gasteiger partial charge is 0.281 e. The van der Waals surface area contributed by atoms with Crippen molar-refractivity contribution in [2.75, 3.05) is 0 Å². The number of hydrogen-bond donors (Lipinski definition) is 1. The van der Waals surface area contributed by atoms with Crippen LogP contribution in [-0.2, 0) is 12.8 Å². The molecule has 0 aliphatic heterocycles. The molecule has 108 valence electrons. The monoisotopic (exact) mass is 298 g/mol. The molecule has 1 N–H and O–H groups in total. The normalized spacial score (nSPS) is 13.6. The van der Waals surface area contributed by atoms with Crippen molar-refractivity contribution in [3.8, 4) is 0 Å². The maximum absolute atomic E-state index is 12.1. The van der Waals surface area contributed by atoms with Gasteiger partial charge in [-0.05, 0) is 55.9 Å². The van der Waals surface area contributed by atoms with Crippen molar-refractivity contribution in [3.05, 3.63) is 56.3 Å². The van der Waals surface area contributed by atoms with Crippen LogP contribution < -0.4 is 5.43 Å². The van der Waals surface area contributed by atoms with Gasteiger partial charge in [0.2, 0.25) is 0 Å². The number of carbonyl (C=O) groups is 1. The summed E-state index contributed by atoms with van der Waals surface area (Å²) >= 11 is 1.60. The standard InChI is InChI=1S/C17H18N2OS/c1-11-6-7-12(2)14(8-11)10-18-19-17(20)16-9-13-4-3-5-15(13)21-16/h6-10H,3-5H2,1-2H3,(H,19,20)/b18-10-. The Morgan fingerprint density at radius 3 is 2.95 bits per heavy atom. The zero-order valence-electron chi connectivity index (χ0n) is 12.3. The molecule has 21 heavy (non-hydrogen) atoms. The smallest absolute Gasteiger partial charge is 0.266 e. The number of thiophene rings is 1. The number of nitrogens with one attached hydrogen (secondary N) is 1. The van der Waals surface area contributed by atoms with E-state index in [-0.39, 0.29) is 5.91 Å². The Hall–Kier alpha value is -1.94. The van der Waals surface area contributed by atoms with Gasteiger partial charge < -0.3 is 0 Å². The first-order valence-corrected chi connectivity index (χ1v) is 7.97. The van der Waals surface area contributed by atoms with Crippen LogP contribution in [0.25, 0.3) is 0 Å². The molecule has 3 rings (SSSR count). The van der Waals surface area contributed by atoms with Crippen molar-refractivity contribution in [1.29, 1.82) is 0 Å². The molecule has 3 nitrogen and oxygen atoms in total. The number of amides is 1. The van der Waals surface area contributed by atoms with Crippen molar-refractivity contribution in [2.45, 2.75) is 33.1 Å². The van der Waals surface area contributed by atoms with Crippen LogP contribution in [0.3, 0.4) is 0 Å². The van der Waals surface area contributed by atoms with Crippen molar-refractivity contribution >= 4 is 23.5 Å². The molecule has 0 radical (unpaired) electrons. The molecule has 0 saturated carbocycles. The molecular weight excluding hydrogens is 280 g/mol. The Morgan fingerprint density at radius 2 is 2.14 bits per heavy atom. The van der Waals surface area contributed by atoms with Crippen molar-refractivity contribution in [3.63, 3.8) is 0 Å². The fraction of sp³-hybridized carbons (Fsp3) is 0.294. The quantitative estimate of drug-likeness (QED) is 0.682. The number of aryl methyl sites for hydroxylation is 4. The second-order valence-electron chi connectivity index (χ2n) is 5.47. The van der Waals surface area contributed by atoms with Gasteiger partial charge in [-0.3, -0.25) is 4.79 Å². The predicted octanol–water partition coefficient (Wildman–Crippen LogP) is 3.62. The van der Waals surface area contributed by atoms with E-state index >= 15 is 0 Å². The summed E-state index contributed by atoms with van der Waals surface area (Å²) in [5, 5.41) is 4.08. The summed E-state index contributed by atoms with van der Waals surface area (Å²) in [6, 6.07) is 8.20. The van der Waals surface area contributed by atoms with Gasteiger partial charge in [-0.1, -0.05) is 23.8 Å². The van der Waals surface area contributed by atoms with Crippen LogP contribution in [0.15, 0.2) is 29.4 Å². The van der Waals surface area contributed by atoms with Gasteiger partial charge in [0, 0.05) is 4.88 Å². The number of rotatable bonds is 3. The highest BCUT2D eigenvalue weighted by atomic mass is 32.1. The Balaban J connectivity index is 1.67. The molecule has 0 saturated heterocycles. The topological polar surface area (TPSA) is 41.5 Å². The third-order valence-corrected chi connectivity index (χ3v) is 5.01. The van der Waals surface area contributed by atoms with E-state index in [0.717, 1.165) is 28.8 Å². The molecule has 0 atom stereocenters. The lowest BCUT2D eigenvalue weighted by Crippen LogP contribution is -2.16. The van der Waals surface area contributed by atoms with Crippen LogP contribution >= 0.6 is 11.3 Å². The first-order valence-electron chi connectivity index (χ1n) is 7.16. The molecule has 0 fully saturated rings. The van der Waals surface area contributed by atoms with Crippen LogP contribution in [0.4, 0.5) is 0 Å². The summed E-state index contributed by atoms with van der Waals surface area (Å²) in [6.45, 7) is 4.08. The van der Waals surface area contributed by atoms with E-state index in [1.54, 1.807) is 17.6 Å². The van der Waals surface area contributed by atoms with Gasteiger partial charge in [0.25, 0.3) is 5.91 Å². The van der Waals surface area contributed by atoms with Crippen molar-refractivity contribution < 1.29 is 4.79 Å². The Kier molecular flexibility index (Phi) is 3.88. The summed E-state index contributed by atoms with van der Waals surface area (Å²) in [4.78, 5) is 14.2. The molecule has 1 aromatic carbocycles. The van der Waals surface area contributed by atoms with E-state index in [9.17, 15) is 4.79 Å². The SMILES string of the molecule is Cc1ccc(C)c(/C=N\NC(=O)c2cc3c(s2)CCC3)c1. The second-order valence-corrected chi connectivity index (χ2v) is 6.61.